The molecule has 2 N–H and O–H groups in total. The fourth-order valence-corrected chi connectivity index (χ4v) is 2.84. The van der Waals surface area contributed by atoms with Crippen molar-refractivity contribution in [2.75, 3.05) is 0 Å². The van der Waals surface area contributed by atoms with Crippen LogP contribution in [0.3, 0.4) is 0 Å². The number of halogens is 1. The summed E-state index contributed by atoms with van der Waals surface area (Å²) < 4.78 is 19.0. The molecule has 94 valence electrons. The van der Waals surface area contributed by atoms with Crippen LogP contribution in [0.15, 0.2) is 23.6 Å². The van der Waals surface area contributed by atoms with E-state index in [1.807, 2.05) is 12.3 Å². The van der Waals surface area contributed by atoms with E-state index in [2.05, 4.69) is 4.98 Å². The van der Waals surface area contributed by atoms with E-state index in [0.29, 0.717) is 12.2 Å². The summed E-state index contributed by atoms with van der Waals surface area (Å²) >= 11 is 1.59. The van der Waals surface area contributed by atoms with Gasteiger partial charge in [-0.3, -0.25) is 0 Å². The zero-order valence-corrected chi connectivity index (χ0v) is 10.7. The molecule has 1 unspecified atom stereocenters. The molecule has 1 aromatic carbocycles. The molecule has 2 atom stereocenters. The molecule has 1 aliphatic heterocycles. The minimum absolute atomic E-state index is 0.136. The lowest BCUT2D eigenvalue weighted by Gasteiger charge is -2.29. The molecule has 18 heavy (non-hydrogen) atoms. The summed E-state index contributed by atoms with van der Waals surface area (Å²) in [6, 6.07) is 4.26. The molecule has 0 saturated heterocycles. The van der Waals surface area contributed by atoms with E-state index in [1.54, 1.807) is 17.4 Å². The zero-order valence-electron chi connectivity index (χ0n) is 9.89. The molecule has 0 spiro atoms. The lowest BCUT2D eigenvalue weighted by atomic mass is 9.96. The maximum atomic E-state index is 13.2. The normalized spacial score (nSPS) is 22.4. The van der Waals surface area contributed by atoms with Crippen molar-refractivity contribution in [3.8, 4) is 5.75 Å². The molecular weight excluding hydrogens is 251 g/mol. The summed E-state index contributed by atoms with van der Waals surface area (Å²) in [5.41, 5.74) is 7.72. The summed E-state index contributed by atoms with van der Waals surface area (Å²) in [4.78, 5) is 4.42. The van der Waals surface area contributed by atoms with Crippen LogP contribution >= 0.6 is 11.3 Å². The lowest BCUT2D eigenvalue weighted by Crippen LogP contribution is -2.24. The second-order valence-corrected chi connectivity index (χ2v) is 5.48. The highest BCUT2D eigenvalue weighted by Gasteiger charge is 2.28. The average Bonchev–Trinajstić information content (AvgIpc) is 2.77. The highest BCUT2D eigenvalue weighted by molar-refractivity contribution is 7.09. The second-order valence-electron chi connectivity index (χ2n) is 4.42. The first-order chi connectivity index (χ1) is 8.63. The first kappa shape index (κ1) is 11.6. The number of hydrogen-bond donors (Lipinski definition) is 1. The van der Waals surface area contributed by atoms with E-state index in [4.69, 9.17) is 10.5 Å². The molecular formula is C13H13FN2OS. The fraction of sp³-hybridized carbons (Fsp3) is 0.308. The van der Waals surface area contributed by atoms with Gasteiger partial charge in [0, 0.05) is 23.4 Å². The molecule has 5 heteroatoms. The quantitative estimate of drug-likeness (QED) is 0.861. The highest BCUT2D eigenvalue weighted by atomic mass is 32.1. The first-order valence-electron chi connectivity index (χ1n) is 5.77. The molecule has 2 aromatic rings. The van der Waals surface area contributed by atoms with Gasteiger partial charge in [0.2, 0.25) is 0 Å². The molecule has 0 bridgehead atoms. The highest BCUT2D eigenvalue weighted by Crippen LogP contribution is 2.39. The van der Waals surface area contributed by atoms with Crippen molar-refractivity contribution in [1.29, 1.82) is 0 Å². The number of thiazole rings is 1. The van der Waals surface area contributed by atoms with Crippen LogP contribution in [0.5, 0.6) is 5.75 Å². The lowest BCUT2D eigenvalue weighted by molar-refractivity contribution is 0.157. The maximum Gasteiger partial charge on any atom is 0.143 e. The van der Waals surface area contributed by atoms with Crippen molar-refractivity contribution in [2.45, 2.75) is 25.5 Å². The van der Waals surface area contributed by atoms with Gasteiger partial charge in [0.1, 0.15) is 17.7 Å². The van der Waals surface area contributed by atoms with E-state index in [9.17, 15) is 4.39 Å². The van der Waals surface area contributed by atoms with Gasteiger partial charge in [-0.2, -0.15) is 0 Å². The number of aromatic nitrogens is 1. The summed E-state index contributed by atoms with van der Waals surface area (Å²) in [6.45, 7) is 1.96. The monoisotopic (exact) mass is 264 g/mol. The smallest absolute Gasteiger partial charge is 0.143 e. The average molecular weight is 264 g/mol. The number of ether oxygens (including phenoxy) is 1. The number of nitrogens with zero attached hydrogens (tertiary/aromatic N) is 1. The van der Waals surface area contributed by atoms with Gasteiger partial charge in [-0.15, -0.1) is 11.3 Å². The largest absolute Gasteiger partial charge is 0.484 e. The summed E-state index contributed by atoms with van der Waals surface area (Å²) in [6.07, 6.45) is 0.488. The Hall–Kier alpha value is -1.46. The Morgan fingerprint density at radius 2 is 2.33 bits per heavy atom. The molecule has 0 radical (unpaired) electrons. The SMILES string of the molecule is Cc1nc(C2C[C@H](N)c3cc(F)ccc3O2)cs1. The standard InChI is InChI=1S/C13H13FN2OS/c1-7-16-11(6-18-7)13-5-10(15)9-4-8(14)2-3-12(9)17-13/h2-4,6,10,13H,5,15H2,1H3/t10-,13?/m0/s1. The molecule has 3 nitrogen and oxygen atoms in total. The van der Waals surface area contributed by atoms with Crippen LogP contribution in [0.25, 0.3) is 0 Å². The Morgan fingerprint density at radius 3 is 3.06 bits per heavy atom. The Kier molecular flexibility index (Phi) is 2.80. The van der Waals surface area contributed by atoms with Crippen LogP contribution in [0.1, 0.15) is 34.8 Å². The third kappa shape index (κ3) is 2.00. The minimum atomic E-state index is -0.282. The second kappa shape index (κ2) is 4.33. The van der Waals surface area contributed by atoms with Crippen molar-refractivity contribution in [2.24, 2.45) is 5.73 Å². The van der Waals surface area contributed by atoms with E-state index < -0.39 is 0 Å². The van der Waals surface area contributed by atoms with E-state index >= 15 is 0 Å². The van der Waals surface area contributed by atoms with Gasteiger partial charge >= 0.3 is 0 Å². The molecule has 1 aromatic heterocycles. The van der Waals surface area contributed by atoms with Crippen molar-refractivity contribution in [1.82, 2.24) is 4.98 Å². The van der Waals surface area contributed by atoms with Crippen LogP contribution in [-0.2, 0) is 0 Å². The van der Waals surface area contributed by atoms with Crippen molar-refractivity contribution in [3.63, 3.8) is 0 Å². The summed E-state index contributed by atoms with van der Waals surface area (Å²) in [7, 11) is 0. The minimum Gasteiger partial charge on any atom is -0.484 e. The third-order valence-corrected chi connectivity index (χ3v) is 3.87. The predicted octanol–water partition coefficient (Wildman–Crippen LogP) is 3.11. The van der Waals surface area contributed by atoms with Crippen molar-refractivity contribution >= 4 is 11.3 Å². The predicted molar refractivity (Wildman–Crippen MR) is 68.2 cm³/mol. The van der Waals surface area contributed by atoms with Gasteiger partial charge in [0.05, 0.1) is 10.7 Å². The van der Waals surface area contributed by atoms with Crippen LogP contribution < -0.4 is 10.5 Å². The van der Waals surface area contributed by atoms with E-state index in [1.165, 1.54) is 12.1 Å². The molecule has 0 saturated carbocycles. The summed E-state index contributed by atoms with van der Waals surface area (Å²) in [5.74, 6) is 0.376. The maximum absolute atomic E-state index is 13.2. The van der Waals surface area contributed by atoms with E-state index in [0.717, 1.165) is 16.3 Å². The molecule has 0 amide bonds. The first-order valence-corrected chi connectivity index (χ1v) is 6.65. The van der Waals surface area contributed by atoms with Crippen LogP contribution in [0, 0.1) is 12.7 Å². The Balaban J connectivity index is 1.94. The molecule has 0 aliphatic carbocycles. The third-order valence-electron chi connectivity index (χ3n) is 3.08. The Morgan fingerprint density at radius 1 is 1.50 bits per heavy atom. The molecule has 3 rings (SSSR count). The van der Waals surface area contributed by atoms with E-state index in [-0.39, 0.29) is 18.0 Å². The van der Waals surface area contributed by atoms with Gasteiger partial charge in [-0.05, 0) is 25.1 Å². The van der Waals surface area contributed by atoms with Gasteiger partial charge in [0.15, 0.2) is 0 Å². The van der Waals surface area contributed by atoms with Crippen LogP contribution in [0.4, 0.5) is 4.39 Å². The zero-order chi connectivity index (χ0) is 12.7. The van der Waals surface area contributed by atoms with Crippen molar-refractivity contribution in [3.05, 3.63) is 45.7 Å². The Labute approximate surface area is 108 Å². The van der Waals surface area contributed by atoms with Gasteiger partial charge in [-0.25, -0.2) is 9.37 Å². The molecule has 1 aliphatic rings. The number of fused-ring (bicyclic) bond motifs is 1. The number of nitrogens with two attached hydrogens (primary N) is 1. The van der Waals surface area contributed by atoms with Gasteiger partial charge in [-0.1, -0.05) is 0 Å². The Bertz CT molecular complexity index is 584. The number of aryl methyl sites for hydroxylation is 1. The number of rotatable bonds is 1. The number of benzene rings is 1. The van der Waals surface area contributed by atoms with Gasteiger partial charge in [0.25, 0.3) is 0 Å². The van der Waals surface area contributed by atoms with Crippen LogP contribution in [0.2, 0.25) is 0 Å². The number of hydrogen-bond acceptors (Lipinski definition) is 4. The van der Waals surface area contributed by atoms with Crippen molar-refractivity contribution < 1.29 is 9.13 Å². The topological polar surface area (TPSA) is 48.1 Å². The fourth-order valence-electron chi connectivity index (χ4n) is 2.18. The van der Waals surface area contributed by atoms with Gasteiger partial charge < -0.3 is 10.5 Å². The summed E-state index contributed by atoms with van der Waals surface area (Å²) in [5, 5.41) is 2.99. The van der Waals surface area contributed by atoms with Crippen LogP contribution in [-0.4, -0.2) is 4.98 Å². The molecule has 0 fully saturated rings. The molecule has 2 heterocycles.